The van der Waals surface area contributed by atoms with Gasteiger partial charge in [0.25, 0.3) is 0 Å². The molecule has 0 bridgehead atoms. The first-order valence-corrected chi connectivity index (χ1v) is 6.62. The summed E-state index contributed by atoms with van der Waals surface area (Å²) in [5.74, 6) is 1.38. The highest BCUT2D eigenvalue weighted by Gasteiger charge is 2.09. The van der Waals surface area contributed by atoms with E-state index in [0.717, 1.165) is 16.9 Å². The predicted molar refractivity (Wildman–Crippen MR) is 81.7 cm³/mol. The van der Waals surface area contributed by atoms with Gasteiger partial charge in [-0.3, -0.25) is 0 Å². The number of benzene rings is 1. The number of nitrogens with zero attached hydrogens (tertiary/aromatic N) is 2. The molecule has 0 saturated carbocycles. The van der Waals surface area contributed by atoms with Crippen LogP contribution >= 0.6 is 0 Å². The molecule has 0 aliphatic carbocycles. The molecule has 5 nitrogen and oxygen atoms in total. The van der Waals surface area contributed by atoms with Crippen LogP contribution in [-0.4, -0.2) is 18.8 Å². The lowest BCUT2D eigenvalue weighted by Crippen LogP contribution is -2.02. The number of nitriles is 1. The first-order chi connectivity index (χ1) is 10.1. The van der Waals surface area contributed by atoms with Gasteiger partial charge in [-0.2, -0.15) is 5.26 Å². The molecule has 0 aliphatic heterocycles. The van der Waals surface area contributed by atoms with Crippen LogP contribution in [0.2, 0.25) is 0 Å². The van der Waals surface area contributed by atoms with E-state index >= 15 is 0 Å². The van der Waals surface area contributed by atoms with Crippen molar-refractivity contribution in [3.05, 3.63) is 41.2 Å². The summed E-state index contributed by atoms with van der Waals surface area (Å²) >= 11 is 0. The van der Waals surface area contributed by atoms with E-state index in [9.17, 15) is 0 Å². The zero-order valence-electron chi connectivity index (χ0n) is 12.7. The largest absolute Gasteiger partial charge is 0.493 e. The van der Waals surface area contributed by atoms with Crippen LogP contribution in [-0.2, 0) is 13.6 Å². The number of ether oxygens (including phenoxy) is 2. The summed E-state index contributed by atoms with van der Waals surface area (Å²) < 4.78 is 12.4. The monoisotopic (exact) mass is 285 g/mol. The molecule has 5 heteroatoms. The smallest absolute Gasteiger partial charge is 0.162 e. The van der Waals surface area contributed by atoms with Crippen molar-refractivity contribution in [3.8, 4) is 17.6 Å². The Morgan fingerprint density at radius 2 is 1.90 bits per heavy atom. The molecule has 0 saturated heterocycles. The molecule has 0 atom stereocenters. The molecule has 1 aromatic carbocycles. The lowest BCUT2D eigenvalue weighted by molar-refractivity contribution is 0.355. The van der Waals surface area contributed by atoms with Gasteiger partial charge in [-0.1, -0.05) is 0 Å². The van der Waals surface area contributed by atoms with Crippen molar-refractivity contribution in [2.45, 2.75) is 13.5 Å². The molecular formula is C16H19N3O2. The molecule has 0 radical (unpaired) electrons. The maximum atomic E-state index is 9.05. The number of nitrogens with one attached hydrogen (secondary N) is 1. The molecule has 0 aliphatic rings. The molecule has 0 amide bonds. The predicted octanol–water partition coefficient (Wildman–Crippen LogP) is 2.83. The number of anilines is 1. The van der Waals surface area contributed by atoms with Crippen molar-refractivity contribution in [2.24, 2.45) is 7.05 Å². The Labute approximate surface area is 124 Å². The standard InChI is InChI=1S/C16H19N3O2/c1-11-12(7-14(9-17)19(11)2)10-18-13-5-6-15(20-3)16(8-13)21-4/h5-8,18H,10H2,1-4H3. The fourth-order valence-corrected chi connectivity index (χ4v) is 2.19. The minimum atomic E-state index is 0.650. The van der Waals surface area contributed by atoms with Gasteiger partial charge < -0.3 is 19.4 Å². The highest BCUT2D eigenvalue weighted by atomic mass is 16.5. The number of rotatable bonds is 5. The lowest BCUT2D eigenvalue weighted by atomic mass is 10.2. The minimum absolute atomic E-state index is 0.650. The maximum absolute atomic E-state index is 9.05. The highest BCUT2D eigenvalue weighted by molar-refractivity contribution is 5.55. The van der Waals surface area contributed by atoms with E-state index in [0.29, 0.717) is 23.7 Å². The fraction of sp³-hybridized carbons (Fsp3) is 0.312. The molecule has 1 N–H and O–H groups in total. The Bertz CT molecular complexity index is 684. The van der Waals surface area contributed by atoms with Crippen LogP contribution in [0.3, 0.4) is 0 Å². The number of hydrogen-bond donors (Lipinski definition) is 1. The molecule has 0 spiro atoms. The van der Waals surface area contributed by atoms with Gasteiger partial charge >= 0.3 is 0 Å². The summed E-state index contributed by atoms with van der Waals surface area (Å²) in [5, 5.41) is 12.4. The van der Waals surface area contributed by atoms with E-state index in [1.54, 1.807) is 14.2 Å². The van der Waals surface area contributed by atoms with Gasteiger partial charge in [-0.05, 0) is 30.7 Å². The zero-order chi connectivity index (χ0) is 15.4. The summed E-state index contributed by atoms with van der Waals surface area (Å²) in [6, 6.07) is 9.78. The second-order valence-electron chi connectivity index (χ2n) is 4.73. The summed E-state index contributed by atoms with van der Waals surface area (Å²) in [5.41, 5.74) is 3.79. The van der Waals surface area contributed by atoms with Gasteiger partial charge in [-0.25, -0.2) is 0 Å². The van der Waals surface area contributed by atoms with Crippen LogP contribution < -0.4 is 14.8 Å². The molecule has 21 heavy (non-hydrogen) atoms. The number of aromatic nitrogens is 1. The van der Waals surface area contributed by atoms with Crippen LogP contribution in [0.5, 0.6) is 11.5 Å². The molecule has 0 fully saturated rings. The molecular weight excluding hydrogens is 266 g/mol. The lowest BCUT2D eigenvalue weighted by Gasteiger charge is -2.11. The first-order valence-electron chi connectivity index (χ1n) is 6.62. The Balaban J connectivity index is 2.15. The van der Waals surface area contributed by atoms with E-state index in [1.807, 2.05) is 42.8 Å². The van der Waals surface area contributed by atoms with E-state index in [1.165, 1.54) is 0 Å². The van der Waals surface area contributed by atoms with Gasteiger partial charge in [-0.15, -0.1) is 0 Å². The van der Waals surface area contributed by atoms with Gasteiger partial charge in [0.2, 0.25) is 0 Å². The van der Waals surface area contributed by atoms with Crippen molar-refractivity contribution >= 4 is 5.69 Å². The SMILES string of the molecule is COc1ccc(NCc2cc(C#N)n(C)c2C)cc1OC. The Hall–Kier alpha value is -2.61. The second kappa shape index (κ2) is 6.23. The van der Waals surface area contributed by atoms with Crippen LogP contribution in [0.4, 0.5) is 5.69 Å². The van der Waals surface area contributed by atoms with Crippen LogP contribution in [0.15, 0.2) is 24.3 Å². The van der Waals surface area contributed by atoms with Gasteiger partial charge in [0.15, 0.2) is 11.5 Å². The number of hydrogen-bond acceptors (Lipinski definition) is 4. The van der Waals surface area contributed by atoms with E-state index in [4.69, 9.17) is 14.7 Å². The first kappa shape index (κ1) is 14.8. The quantitative estimate of drug-likeness (QED) is 0.917. The van der Waals surface area contributed by atoms with Crippen molar-refractivity contribution < 1.29 is 9.47 Å². The average Bonchev–Trinajstić information content (AvgIpc) is 2.80. The molecule has 0 unspecified atom stereocenters. The van der Waals surface area contributed by atoms with Crippen molar-refractivity contribution in [1.82, 2.24) is 4.57 Å². The molecule has 2 rings (SSSR count). The van der Waals surface area contributed by atoms with E-state index < -0.39 is 0 Å². The third kappa shape index (κ3) is 2.95. The Morgan fingerprint density at radius 3 is 2.48 bits per heavy atom. The van der Waals surface area contributed by atoms with E-state index in [2.05, 4.69) is 11.4 Å². The summed E-state index contributed by atoms with van der Waals surface area (Å²) in [4.78, 5) is 0. The van der Waals surface area contributed by atoms with Crippen LogP contribution in [0.25, 0.3) is 0 Å². The fourth-order valence-electron chi connectivity index (χ4n) is 2.19. The number of methoxy groups -OCH3 is 2. The third-order valence-corrected chi connectivity index (χ3v) is 3.62. The average molecular weight is 285 g/mol. The van der Waals surface area contributed by atoms with Crippen molar-refractivity contribution in [2.75, 3.05) is 19.5 Å². The Kier molecular flexibility index (Phi) is 4.39. The molecule has 1 aromatic heterocycles. The molecule has 1 heterocycles. The Morgan fingerprint density at radius 1 is 1.19 bits per heavy atom. The summed E-state index contributed by atoms with van der Waals surface area (Å²) in [7, 11) is 5.12. The third-order valence-electron chi connectivity index (χ3n) is 3.62. The highest BCUT2D eigenvalue weighted by Crippen LogP contribution is 2.30. The van der Waals surface area contributed by atoms with E-state index in [-0.39, 0.29) is 0 Å². The van der Waals surface area contributed by atoms with Gasteiger partial charge in [0, 0.05) is 31.0 Å². The zero-order valence-corrected chi connectivity index (χ0v) is 12.7. The minimum Gasteiger partial charge on any atom is -0.493 e. The normalized spacial score (nSPS) is 10.0. The van der Waals surface area contributed by atoms with Crippen LogP contribution in [0, 0.1) is 18.3 Å². The van der Waals surface area contributed by atoms with Gasteiger partial charge in [0.1, 0.15) is 11.8 Å². The van der Waals surface area contributed by atoms with Crippen molar-refractivity contribution in [1.29, 1.82) is 5.26 Å². The molecule has 110 valence electrons. The summed E-state index contributed by atoms with van der Waals surface area (Å²) in [6.45, 7) is 2.66. The molecule has 2 aromatic rings. The van der Waals surface area contributed by atoms with Crippen molar-refractivity contribution in [3.63, 3.8) is 0 Å². The summed E-state index contributed by atoms with van der Waals surface area (Å²) in [6.07, 6.45) is 0. The maximum Gasteiger partial charge on any atom is 0.162 e. The topological polar surface area (TPSA) is 59.2 Å². The second-order valence-corrected chi connectivity index (χ2v) is 4.73. The van der Waals surface area contributed by atoms with Gasteiger partial charge in [0.05, 0.1) is 14.2 Å². The van der Waals surface area contributed by atoms with Crippen LogP contribution in [0.1, 0.15) is 17.0 Å².